The predicted molar refractivity (Wildman–Crippen MR) is 67.1 cm³/mol. The van der Waals surface area contributed by atoms with Crippen molar-refractivity contribution in [3.8, 4) is 0 Å². The van der Waals surface area contributed by atoms with Gasteiger partial charge in [-0.1, -0.05) is 0 Å². The van der Waals surface area contributed by atoms with E-state index in [1.54, 1.807) is 0 Å². The van der Waals surface area contributed by atoms with Gasteiger partial charge in [0.15, 0.2) is 5.79 Å². The topological polar surface area (TPSA) is 51.2 Å². The van der Waals surface area contributed by atoms with E-state index < -0.39 is 14.1 Å². The van der Waals surface area contributed by atoms with Crippen molar-refractivity contribution in [2.75, 3.05) is 13.2 Å². The molecule has 2 fully saturated rings. The highest BCUT2D eigenvalue weighted by Gasteiger charge is 2.60. The van der Waals surface area contributed by atoms with Crippen LogP contribution in [0.3, 0.4) is 0 Å². The van der Waals surface area contributed by atoms with E-state index in [0.717, 1.165) is 19.3 Å². The van der Waals surface area contributed by atoms with E-state index in [2.05, 4.69) is 6.92 Å². The highest BCUT2D eigenvalue weighted by atomic mass is 28.4. The monoisotopic (exact) mass is 260 g/mol. The van der Waals surface area contributed by atoms with Crippen LogP contribution in [-0.4, -0.2) is 43.4 Å². The second-order valence-electron chi connectivity index (χ2n) is 6.15. The molecular formula is C12H24O4Si. The first-order valence-electron chi connectivity index (χ1n) is 6.43. The van der Waals surface area contributed by atoms with Gasteiger partial charge in [0.2, 0.25) is 8.32 Å². The molecule has 17 heavy (non-hydrogen) atoms. The molecular weight excluding hydrogens is 236 g/mol. The van der Waals surface area contributed by atoms with Gasteiger partial charge in [-0.2, -0.15) is 0 Å². The molecule has 4 nitrogen and oxygen atoms in total. The maximum Gasteiger partial charge on any atom is 0.214 e. The Kier molecular flexibility index (Phi) is 3.42. The third kappa shape index (κ3) is 3.09. The van der Waals surface area contributed by atoms with Crippen LogP contribution in [0.5, 0.6) is 0 Å². The molecule has 2 heterocycles. The lowest BCUT2D eigenvalue weighted by atomic mass is 10.0. The maximum absolute atomic E-state index is 10.0. The van der Waals surface area contributed by atoms with Crippen molar-refractivity contribution in [1.29, 1.82) is 0 Å². The number of hydrogen-bond acceptors (Lipinski definition) is 4. The summed E-state index contributed by atoms with van der Waals surface area (Å²) in [5, 5.41) is 0. The highest BCUT2D eigenvalue weighted by molar-refractivity contribution is 6.72. The van der Waals surface area contributed by atoms with Gasteiger partial charge in [-0.3, -0.25) is 0 Å². The van der Waals surface area contributed by atoms with Crippen molar-refractivity contribution in [3.63, 3.8) is 0 Å². The minimum absolute atomic E-state index is 0.0909. The van der Waals surface area contributed by atoms with Crippen molar-refractivity contribution in [2.24, 2.45) is 0 Å². The van der Waals surface area contributed by atoms with Crippen LogP contribution in [0, 0.1) is 0 Å². The molecule has 0 aliphatic carbocycles. The first kappa shape index (κ1) is 13.5. The summed E-state index contributed by atoms with van der Waals surface area (Å²) in [6, 6.07) is 0. The molecule has 2 unspecified atom stereocenters. The van der Waals surface area contributed by atoms with Crippen LogP contribution in [0.25, 0.3) is 0 Å². The van der Waals surface area contributed by atoms with Crippen molar-refractivity contribution in [2.45, 2.75) is 63.3 Å². The van der Waals surface area contributed by atoms with Gasteiger partial charge < -0.3 is 19.0 Å². The molecule has 5 heteroatoms. The van der Waals surface area contributed by atoms with Gasteiger partial charge >= 0.3 is 0 Å². The summed E-state index contributed by atoms with van der Waals surface area (Å²) >= 11 is 0. The second-order valence-corrected chi connectivity index (χ2v) is 9.98. The van der Waals surface area contributed by atoms with Crippen LogP contribution in [0.4, 0.5) is 0 Å². The van der Waals surface area contributed by atoms with E-state index in [1.807, 2.05) is 20.0 Å². The smallest absolute Gasteiger partial charge is 0.214 e. The molecule has 0 amide bonds. The first-order chi connectivity index (χ1) is 7.75. The minimum atomic E-state index is -2.14. The molecule has 0 aromatic carbocycles. The fourth-order valence-electron chi connectivity index (χ4n) is 2.78. The Balaban J connectivity index is 1.73. The maximum atomic E-state index is 10.0. The van der Waals surface area contributed by atoms with Gasteiger partial charge in [0.25, 0.3) is 0 Å². The average Bonchev–Trinajstić information content (AvgIpc) is 2.68. The Morgan fingerprint density at radius 1 is 1.18 bits per heavy atom. The Bertz CT molecular complexity index is 283. The lowest BCUT2D eigenvalue weighted by Gasteiger charge is -2.22. The van der Waals surface area contributed by atoms with E-state index in [-0.39, 0.29) is 11.3 Å². The summed E-state index contributed by atoms with van der Waals surface area (Å²) < 4.78 is 16.8. The number of rotatable bonds is 5. The summed E-state index contributed by atoms with van der Waals surface area (Å²) in [7, 11) is -2.14. The van der Waals surface area contributed by atoms with Crippen LogP contribution in [0.15, 0.2) is 0 Å². The Morgan fingerprint density at radius 2 is 1.76 bits per heavy atom. The normalized spacial score (nSPS) is 36.2. The van der Waals surface area contributed by atoms with E-state index in [9.17, 15) is 4.80 Å². The van der Waals surface area contributed by atoms with Gasteiger partial charge in [-0.15, -0.1) is 0 Å². The molecule has 2 saturated heterocycles. The number of ether oxygens (including phenoxy) is 3. The summed E-state index contributed by atoms with van der Waals surface area (Å²) in [5.41, 5.74) is -0.0207. The fraction of sp³-hybridized carbons (Fsp3) is 1.00. The van der Waals surface area contributed by atoms with Crippen molar-refractivity contribution in [1.82, 2.24) is 0 Å². The van der Waals surface area contributed by atoms with Crippen LogP contribution >= 0.6 is 0 Å². The van der Waals surface area contributed by atoms with E-state index >= 15 is 0 Å². The number of epoxide rings is 1. The van der Waals surface area contributed by atoms with Crippen molar-refractivity contribution >= 4 is 8.32 Å². The van der Waals surface area contributed by atoms with Crippen LogP contribution < -0.4 is 0 Å². The fourth-order valence-corrected chi connectivity index (χ4v) is 4.97. The molecule has 2 rings (SSSR count). The quantitative estimate of drug-likeness (QED) is 0.605. The molecule has 0 radical (unpaired) electrons. The van der Waals surface area contributed by atoms with Crippen LogP contribution in [0.2, 0.25) is 13.1 Å². The minimum Gasteiger partial charge on any atom is -0.430 e. The highest BCUT2D eigenvalue weighted by Crippen LogP contribution is 2.45. The van der Waals surface area contributed by atoms with Gasteiger partial charge in [0, 0.05) is 6.42 Å². The Labute approximate surface area is 104 Å². The molecule has 0 spiro atoms. The summed E-state index contributed by atoms with van der Waals surface area (Å²) in [6.07, 6.45) is 2.87. The SMILES string of the molecule is CC1(CCCC2(C)OC2[Si](C)(C)O)OCCO1. The van der Waals surface area contributed by atoms with E-state index in [1.165, 1.54) is 0 Å². The second kappa shape index (κ2) is 4.31. The summed E-state index contributed by atoms with van der Waals surface area (Å²) in [6.45, 7) is 9.37. The zero-order valence-corrected chi connectivity index (χ0v) is 12.3. The predicted octanol–water partition coefficient (Wildman–Crippen LogP) is 1.81. The van der Waals surface area contributed by atoms with E-state index in [4.69, 9.17) is 14.2 Å². The molecule has 2 aliphatic heterocycles. The molecule has 0 saturated carbocycles. The third-order valence-electron chi connectivity index (χ3n) is 3.73. The van der Waals surface area contributed by atoms with Crippen molar-refractivity contribution in [3.05, 3.63) is 0 Å². The largest absolute Gasteiger partial charge is 0.430 e. The molecule has 2 atom stereocenters. The molecule has 1 N–H and O–H groups in total. The molecule has 0 aromatic rings. The average molecular weight is 260 g/mol. The first-order valence-corrected chi connectivity index (χ1v) is 9.46. The van der Waals surface area contributed by atoms with Gasteiger partial charge in [-0.05, 0) is 39.8 Å². The van der Waals surface area contributed by atoms with Gasteiger partial charge in [0.05, 0.1) is 18.8 Å². The summed E-state index contributed by atoms with van der Waals surface area (Å²) in [5.74, 6) is -0.396. The molecule has 0 bridgehead atoms. The zero-order chi connectivity index (χ0) is 12.7. The molecule has 0 aromatic heterocycles. The van der Waals surface area contributed by atoms with Gasteiger partial charge in [0.1, 0.15) is 5.73 Å². The van der Waals surface area contributed by atoms with E-state index in [0.29, 0.717) is 13.2 Å². The molecule has 100 valence electrons. The zero-order valence-electron chi connectivity index (χ0n) is 11.3. The van der Waals surface area contributed by atoms with Gasteiger partial charge in [-0.25, -0.2) is 0 Å². The van der Waals surface area contributed by atoms with Crippen LogP contribution in [0.1, 0.15) is 33.1 Å². The van der Waals surface area contributed by atoms with Crippen LogP contribution in [-0.2, 0) is 14.2 Å². The summed E-state index contributed by atoms with van der Waals surface area (Å²) in [4.78, 5) is 10.0. The third-order valence-corrected chi connectivity index (χ3v) is 5.74. The Morgan fingerprint density at radius 3 is 2.24 bits per heavy atom. The Hall–Kier alpha value is 0.0569. The lowest BCUT2D eigenvalue weighted by Crippen LogP contribution is -2.37. The van der Waals surface area contributed by atoms with Crippen molar-refractivity contribution < 1.29 is 19.0 Å². The lowest BCUT2D eigenvalue weighted by molar-refractivity contribution is -0.147. The number of hydrogen-bond donors (Lipinski definition) is 1. The standard InChI is InChI=1S/C12H24O4Si/c1-11(10(16-11)17(3,4)13)6-5-7-12(2)14-8-9-15-12/h10,13H,5-9H2,1-4H3. The molecule has 2 aliphatic rings.